The Kier molecular flexibility index (Phi) is 6.58. The number of hydrogen-bond donors (Lipinski definition) is 1. The largest absolute Gasteiger partial charge is 0.321 e. The van der Waals surface area contributed by atoms with Crippen molar-refractivity contribution in [3.05, 3.63) is 51.4 Å². The molecule has 4 aromatic rings. The molecule has 4 aromatic heterocycles. The average Bonchev–Trinajstić information content (AvgIpc) is 3.35. The van der Waals surface area contributed by atoms with E-state index < -0.39 is 36.6 Å². The molecule has 0 bridgehead atoms. The summed E-state index contributed by atoms with van der Waals surface area (Å²) in [6.07, 6.45) is -6.05. The number of carbonyl (C=O) groups excluding carboxylic acids is 1. The molecule has 0 aromatic carbocycles. The summed E-state index contributed by atoms with van der Waals surface area (Å²) < 4.78 is 58.4. The Morgan fingerprint density at radius 1 is 0.917 bits per heavy atom. The first-order valence-corrected chi connectivity index (χ1v) is 11.2. The first-order valence-electron chi connectivity index (χ1n) is 11.2. The molecule has 0 atom stereocenters. The number of alkyl halides is 4. The van der Waals surface area contributed by atoms with Gasteiger partial charge in [0.25, 0.3) is 12.9 Å². The molecular weight excluding hydrogens is 480 g/mol. The fourth-order valence-corrected chi connectivity index (χ4v) is 4.34. The van der Waals surface area contributed by atoms with Crippen LogP contribution in [0.4, 0.5) is 23.2 Å². The lowest BCUT2D eigenvalue weighted by molar-refractivity contribution is -0.116. The minimum atomic E-state index is -3.05. The zero-order valence-electron chi connectivity index (χ0n) is 20.7. The molecule has 0 aliphatic heterocycles. The number of nitrogens with one attached hydrogen (secondary N) is 1. The molecule has 1 amide bonds. The summed E-state index contributed by atoms with van der Waals surface area (Å²) in [6.45, 7) is 8.97. The van der Waals surface area contributed by atoms with Crippen LogP contribution < -0.4 is 5.32 Å². The van der Waals surface area contributed by atoms with E-state index in [-0.39, 0.29) is 16.7 Å². The van der Waals surface area contributed by atoms with Crippen molar-refractivity contribution in [2.24, 2.45) is 7.05 Å². The molecule has 0 aliphatic carbocycles. The second kappa shape index (κ2) is 9.36. The summed E-state index contributed by atoms with van der Waals surface area (Å²) in [7, 11) is 1.86. The Bertz CT molecular complexity index is 1470. The van der Waals surface area contributed by atoms with E-state index in [1.165, 1.54) is 6.92 Å². The second-order valence-electron chi connectivity index (χ2n) is 8.70. The van der Waals surface area contributed by atoms with E-state index in [1.54, 1.807) is 16.3 Å². The first kappa shape index (κ1) is 25.3. The molecule has 0 aliphatic rings. The third-order valence-electron chi connectivity index (χ3n) is 6.29. The fraction of sp³-hybridized carbons (Fsp3) is 0.435. The molecule has 9 nitrogen and oxygen atoms in total. The number of nitrogens with zero attached hydrogens (tertiary/aromatic N) is 7. The molecule has 0 spiro atoms. The highest BCUT2D eigenvalue weighted by Crippen LogP contribution is 2.32. The molecule has 36 heavy (non-hydrogen) atoms. The van der Waals surface area contributed by atoms with Gasteiger partial charge in [0.2, 0.25) is 5.91 Å². The van der Waals surface area contributed by atoms with Crippen molar-refractivity contribution in [3.8, 4) is 0 Å². The van der Waals surface area contributed by atoms with Gasteiger partial charge in [-0.1, -0.05) is 0 Å². The molecule has 192 valence electrons. The first-order chi connectivity index (χ1) is 16.9. The number of halogens is 4. The molecule has 4 rings (SSSR count). The van der Waals surface area contributed by atoms with E-state index >= 15 is 0 Å². The topological polar surface area (TPSA) is 95.5 Å². The Hall–Kier alpha value is -3.77. The summed E-state index contributed by atoms with van der Waals surface area (Å²) in [6, 6.07) is 0.684. The summed E-state index contributed by atoms with van der Waals surface area (Å²) in [5.41, 5.74) is 3.30. The number of aryl methyl sites for hydroxylation is 4. The number of carbonyl (C=O) groups is 1. The van der Waals surface area contributed by atoms with Gasteiger partial charge in [-0.2, -0.15) is 15.3 Å². The van der Waals surface area contributed by atoms with Gasteiger partial charge >= 0.3 is 0 Å². The van der Waals surface area contributed by atoms with E-state index in [0.717, 1.165) is 21.6 Å². The van der Waals surface area contributed by atoms with Gasteiger partial charge in [0.15, 0.2) is 5.65 Å². The quantitative estimate of drug-likeness (QED) is 0.374. The predicted octanol–water partition coefficient (Wildman–Crippen LogP) is 4.47. The Labute approximate surface area is 204 Å². The Morgan fingerprint density at radius 3 is 2.17 bits per heavy atom. The van der Waals surface area contributed by atoms with Crippen LogP contribution in [0.5, 0.6) is 0 Å². The number of anilines is 1. The van der Waals surface area contributed by atoms with Gasteiger partial charge in [-0.25, -0.2) is 27.2 Å². The standard InChI is InChI=1S/C23H26F4N8O/c1-10-16(13(4)33(6)30-10)8-34-14(5)20(12(3)32-34)29-18(36)9-35-23-19(11(2)31-35)15(21(24)25)7-17(28-23)22(26)27/h7,21-22H,8-9H2,1-6H3,(H,29,36). The number of amides is 1. The van der Waals surface area contributed by atoms with Crippen LogP contribution >= 0.6 is 0 Å². The van der Waals surface area contributed by atoms with Crippen molar-refractivity contribution in [2.45, 2.75) is 60.6 Å². The minimum Gasteiger partial charge on any atom is -0.321 e. The van der Waals surface area contributed by atoms with Gasteiger partial charge in [0, 0.05) is 23.9 Å². The molecule has 0 fully saturated rings. The highest BCUT2D eigenvalue weighted by atomic mass is 19.3. The van der Waals surface area contributed by atoms with E-state index in [9.17, 15) is 22.4 Å². The van der Waals surface area contributed by atoms with Gasteiger partial charge in [-0.15, -0.1) is 0 Å². The lowest BCUT2D eigenvalue weighted by atomic mass is 10.1. The molecule has 0 unspecified atom stereocenters. The monoisotopic (exact) mass is 506 g/mol. The van der Waals surface area contributed by atoms with Crippen LogP contribution in [-0.4, -0.2) is 40.2 Å². The van der Waals surface area contributed by atoms with E-state index in [1.807, 2.05) is 27.8 Å². The van der Waals surface area contributed by atoms with Crippen LogP contribution in [0.25, 0.3) is 11.0 Å². The maximum Gasteiger partial charge on any atom is 0.280 e. The maximum atomic E-state index is 13.6. The van der Waals surface area contributed by atoms with Crippen LogP contribution in [0.3, 0.4) is 0 Å². The van der Waals surface area contributed by atoms with E-state index in [0.29, 0.717) is 29.7 Å². The van der Waals surface area contributed by atoms with Crippen molar-refractivity contribution in [2.75, 3.05) is 5.32 Å². The minimum absolute atomic E-state index is 0.0374. The number of rotatable bonds is 7. The zero-order valence-corrected chi connectivity index (χ0v) is 20.7. The lowest BCUT2D eigenvalue weighted by Gasteiger charge is -2.09. The molecule has 0 saturated heterocycles. The zero-order chi connectivity index (χ0) is 26.5. The SMILES string of the molecule is Cc1nn(C)c(C)c1Cn1nc(C)c(NC(=O)Cn2nc(C)c3c(C(F)F)cc(C(F)F)nc32)c1C. The van der Waals surface area contributed by atoms with Crippen LogP contribution in [0.1, 0.15) is 58.1 Å². The second-order valence-corrected chi connectivity index (χ2v) is 8.70. The van der Waals surface area contributed by atoms with E-state index in [4.69, 9.17) is 0 Å². The lowest BCUT2D eigenvalue weighted by Crippen LogP contribution is -2.20. The van der Waals surface area contributed by atoms with Crippen LogP contribution in [0, 0.1) is 34.6 Å². The van der Waals surface area contributed by atoms with Crippen LogP contribution in [-0.2, 0) is 24.9 Å². The van der Waals surface area contributed by atoms with Crippen LogP contribution in [0.15, 0.2) is 6.07 Å². The van der Waals surface area contributed by atoms with Crippen molar-refractivity contribution in [3.63, 3.8) is 0 Å². The summed E-state index contributed by atoms with van der Waals surface area (Å²) in [4.78, 5) is 16.7. The van der Waals surface area contributed by atoms with Gasteiger partial charge in [-0.05, 0) is 40.7 Å². The third-order valence-corrected chi connectivity index (χ3v) is 6.29. The van der Waals surface area contributed by atoms with Gasteiger partial charge in [0.1, 0.15) is 12.2 Å². The number of hydrogen-bond acceptors (Lipinski definition) is 5. The highest BCUT2D eigenvalue weighted by molar-refractivity contribution is 5.93. The Balaban J connectivity index is 1.62. The molecule has 4 heterocycles. The number of fused-ring (bicyclic) bond motifs is 1. The smallest absolute Gasteiger partial charge is 0.280 e. The number of aromatic nitrogens is 7. The normalized spacial score (nSPS) is 11.9. The maximum absolute atomic E-state index is 13.6. The molecule has 13 heteroatoms. The molecule has 0 radical (unpaired) electrons. The van der Waals surface area contributed by atoms with Crippen LogP contribution in [0.2, 0.25) is 0 Å². The Morgan fingerprint density at radius 2 is 1.58 bits per heavy atom. The fourth-order valence-electron chi connectivity index (χ4n) is 4.34. The van der Waals surface area contributed by atoms with Gasteiger partial charge in [-0.3, -0.25) is 14.2 Å². The van der Waals surface area contributed by atoms with Gasteiger partial charge in [0.05, 0.1) is 40.4 Å². The summed E-state index contributed by atoms with van der Waals surface area (Å²) in [5, 5.41) is 15.8. The predicted molar refractivity (Wildman–Crippen MR) is 124 cm³/mol. The van der Waals surface area contributed by atoms with E-state index in [2.05, 4.69) is 25.6 Å². The molecule has 0 saturated carbocycles. The van der Waals surface area contributed by atoms with Gasteiger partial charge < -0.3 is 5.32 Å². The van der Waals surface area contributed by atoms with Crippen molar-refractivity contribution >= 4 is 22.6 Å². The molecular formula is C23H26F4N8O. The third kappa shape index (κ3) is 4.44. The van der Waals surface area contributed by atoms with Crippen molar-refractivity contribution < 1.29 is 22.4 Å². The average molecular weight is 507 g/mol. The highest BCUT2D eigenvalue weighted by Gasteiger charge is 2.24. The summed E-state index contributed by atoms with van der Waals surface area (Å²) in [5.74, 6) is -0.526. The van der Waals surface area contributed by atoms with Crippen molar-refractivity contribution in [1.29, 1.82) is 0 Å². The molecule has 1 N–H and O–H groups in total. The number of pyridine rings is 1. The summed E-state index contributed by atoms with van der Waals surface area (Å²) >= 11 is 0. The van der Waals surface area contributed by atoms with Crippen molar-refractivity contribution in [1.82, 2.24) is 34.3 Å².